The maximum absolute atomic E-state index is 5.58. The summed E-state index contributed by atoms with van der Waals surface area (Å²) >= 11 is 0. The van der Waals surface area contributed by atoms with E-state index in [0.29, 0.717) is 0 Å². The lowest BCUT2D eigenvalue weighted by Crippen LogP contribution is -2.02. The van der Waals surface area contributed by atoms with Gasteiger partial charge in [-0.25, -0.2) is 0 Å². The van der Waals surface area contributed by atoms with Crippen LogP contribution in [0.1, 0.15) is 17.2 Å². The van der Waals surface area contributed by atoms with Crippen molar-refractivity contribution >= 4 is 0 Å². The van der Waals surface area contributed by atoms with Gasteiger partial charge >= 0.3 is 0 Å². The van der Waals surface area contributed by atoms with Gasteiger partial charge in [-0.3, -0.25) is 0 Å². The van der Waals surface area contributed by atoms with Gasteiger partial charge in [-0.15, -0.1) is 0 Å². The van der Waals surface area contributed by atoms with Crippen molar-refractivity contribution in [3.63, 3.8) is 0 Å². The highest BCUT2D eigenvalue weighted by Gasteiger charge is 2.12. The summed E-state index contributed by atoms with van der Waals surface area (Å²) < 4.78 is 5.58. The summed E-state index contributed by atoms with van der Waals surface area (Å²) in [4.78, 5) is 0. The van der Waals surface area contributed by atoms with Gasteiger partial charge in [0.1, 0.15) is 6.10 Å². The summed E-state index contributed by atoms with van der Waals surface area (Å²) in [6.07, 6.45) is 1.42. The molecule has 1 nitrogen and oxygen atoms in total. The minimum absolute atomic E-state index is 0.0695. The molecule has 2 aromatic carbocycles. The maximum Gasteiger partial charge on any atom is 0.148 e. The summed E-state index contributed by atoms with van der Waals surface area (Å²) in [5, 5.41) is 0. The molecule has 0 bridgehead atoms. The average Bonchev–Trinajstić information content (AvgIpc) is 2.38. The van der Waals surface area contributed by atoms with Crippen molar-refractivity contribution < 1.29 is 4.74 Å². The molecule has 0 fully saturated rings. The first-order chi connectivity index (χ1) is 7.92. The number of rotatable bonds is 4. The van der Waals surface area contributed by atoms with E-state index in [0.717, 1.165) is 11.1 Å². The van der Waals surface area contributed by atoms with Crippen LogP contribution in [0.3, 0.4) is 0 Å². The molecule has 80 valence electrons. The lowest BCUT2D eigenvalue weighted by atomic mass is 10.0. The quantitative estimate of drug-likeness (QED) is 0.694. The molecule has 0 aliphatic heterocycles. The van der Waals surface area contributed by atoms with Gasteiger partial charge in [-0.2, -0.15) is 0 Å². The summed E-state index contributed by atoms with van der Waals surface area (Å²) in [6.45, 7) is 3.63. The molecule has 0 aromatic heterocycles. The topological polar surface area (TPSA) is 9.23 Å². The van der Waals surface area contributed by atoms with E-state index in [-0.39, 0.29) is 6.10 Å². The van der Waals surface area contributed by atoms with E-state index in [1.54, 1.807) is 0 Å². The molecule has 0 atom stereocenters. The summed E-state index contributed by atoms with van der Waals surface area (Å²) in [6, 6.07) is 20.3. The normalized spacial score (nSPS) is 10.1. The molecule has 0 amide bonds. The van der Waals surface area contributed by atoms with E-state index in [4.69, 9.17) is 4.74 Å². The molecule has 0 saturated heterocycles. The first-order valence-electron chi connectivity index (χ1n) is 5.28. The van der Waals surface area contributed by atoms with Crippen LogP contribution >= 0.6 is 0 Å². The second kappa shape index (κ2) is 5.17. The lowest BCUT2D eigenvalue weighted by Gasteiger charge is -2.17. The molecule has 0 aliphatic carbocycles. The molecule has 0 N–H and O–H groups in total. The van der Waals surface area contributed by atoms with Crippen LogP contribution in [0, 0.1) is 0 Å². The van der Waals surface area contributed by atoms with Crippen molar-refractivity contribution in [1.29, 1.82) is 0 Å². The van der Waals surface area contributed by atoms with E-state index in [9.17, 15) is 0 Å². The Hall–Kier alpha value is -2.02. The van der Waals surface area contributed by atoms with Crippen molar-refractivity contribution in [1.82, 2.24) is 0 Å². The molecule has 0 spiro atoms. The SMILES string of the molecule is C=COC(c1ccccc1)c1ccccc1. The zero-order valence-corrected chi connectivity index (χ0v) is 9.04. The highest BCUT2D eigenvalue weighted by molar-refractivity contribution is 5.30. The van der Waals surface area contributed by atoms with Gasteiger partial charge in [0.2, 0.25) is 0 Å². The zero-order valence-electron chi connectivity index (χ0n) is 9.04. The summed E-state index contributed by atoms with van der Waals surface area (Å²) in [7, 11) is 0. The Bertz CT molecular complexity index is 394. The van der Waals surface area contributed by atoms with Gasteiger partial charge in [-0.1, -0.05) is 67.2 Å². The van der Waals surface area contributed by atoms with Gasteiger partial charge in [0.05, 0.1) is 6.26 Å². The molecule has 1 heteroatoms. The zero-order chi connectivity index (χ0) is 11.2. The van der Waals surface area contributed by atoms with Crippen LogP contribution in [0.4, 0.5) is 0 Å². The molecule has 2 rings (SSSR count). The maximum atomic E-state index is 5.58. The van der Waals surface area contributed by atoms with Gasteiger partial charge in [0, 0.05) is 0 Å². The van der Waals surface area contributed by atoms with Gasteiger partial charge in [0.15, 0.2) is 0 Å². The molecule has 0 heterocycles. The van der Waals surface area contributed by atoms with Crippen molar-refractivity contribution in [3.05, 3.63) is 84.6 Å². The number of hydrogen-bond donors (Lipinski definition) is 0. The third-order valence-corrected chi connectivity index (χ3v) is 2.44. The fourth-order valence-corrected chi connectivity index (χ4v) is 1.70. The minimum atomic E-state index is -0.0695. The average molecular weight is 210 g/mol. The number of ether oxygens (including phenoxy) is 1. The van der Waals surface area contributed by atoms with E-state index >= 15 is 0 Å². The van der Waals surface area contributed by atoms with Gasteiger partial charge < -0.3 is 4.74 Å². The molecule has 16 heavy (non-hydrogen) atoms. The summed E-state index contributed by atoms with van der Waals surface area (Å²) in [5.74, 6) is 0. The van der Waals surface area contributed by atoms with Crippen molar-refractivity contribution in [2.45, 2.75) is 6.10 Å². The molecule has 2 aromatic rings. The standard InChI is InChI=1S/C15H14O/c1-2-16-15(13-9-5-3-6-10-13)14-11-7-4-8-12-14/h2-12,15H,1H2. The largest absolute Gasteiger partial charge is 0.489 e. The summed E-state index contributed by atoms with van der Waals surface area (Å²) in [5.41, 5.74) is 2.27. The highest BCUT2D eigenvalue weighted by atomic mass is 16.5. The van der Waals surface area contributed by atoms with Crippen LogP contribution in [-0.4, -0.2) is 0 Å². The smallest absolute Gasteiger partial charge is 0.148 e. The third-order valence-electron chi connectivity index (χ3n) is 2.44. The Kier molecular flexibility index (Phi) is 3.39. The van der Waals surface area contributed by atoms with Crippen LogP contribution in [-0.2, 0) is 4.74 Å². The molecular formula is C15H14O. The fraction of sp³-hybridized carbons (Fsp3) is 0.0667. The van der Waals surface area contributed by atoms with Crippen LogP contribution in [0.2, 0.25) is 0 Å². The van der Waals surface area contributed by atoms with Crippen LogP contribution in [0.15, 0.2) is 73.5 Å². The minimum Gasteiger partial charge on any atom is -0.489 e. The van der Waals surface area contributed by atoms with E-state index in [1.165, 1.54) is 6.26 Å². The van der Waals surface area contributed by atoms with Crippen molar-refractivity contribution in [2.24, 2.45) is 0 Å². The van der Waals surface area contributed by atoms with Crippen molar-refractivity contribution in [2.75, 3.05) is 0 Å². The van der Waals surface area contributed by atoms with Crippen LogP contribution < -0.4 is 0 Å². The Balaban J connectivity index is 2.35. The fourth-order valence-electron chi connectivity index (χ4n) is 1.70. The Morgan fingerprint density at radius 3 is 1.62 bits per heavy atom. The van der Waals surface area contributed by atoms with Crippen LogP contribution in [0.5, 0.6) is 0 Å². The molecule has 0 saturated carbocycles. The first-order valence-corrected chi connectivity index (χ1v) is 5.28. The second-order valence-corrected chi connectivity index (χ2v) is 3.50. The van der Waals surface area contributed by atoms with E-state index < -0.39 is 0 Å². The second-order valence-electron chi connectivity index (χ2n) is 3.50. The molecule has 0 unspecified atom stereocenters. The number of hydrogen-bond acceptors (Lipinski definition) is 1. The van der Waals surface area contributed by atoms with Crippen molar-refractivity contribution in [3.8, 4) is 0 Å². The van der Waals surface area contributed by atoms with E-state index in [1.807, 2.05) is 36.4 Å². The van der Waals surface area contributed by atoms with Gasteiger partial charge in [-0.05, 0) is 11.1 Å². The van der Waals surface area contributed by atoms with E-state index in [2.05, 4.69) is 30.8 Å². The monoisotopic (exact) mass is 210 g/mol. The molecule has 0 aliphatic rings. The Labute approximate surface area is 96.0 Å². The lowest BCUT2D eigenvalue weighted by molar-refractivity contribution is 0.184. The van der Waals surface area contributed by atoms with Gasteiger partial charge in [0.25, 0.3) is 0 Å². The number of benzene rings is 2. The predicted molar refractivity (Wildman–Crippen MR) is 66.0 cm³/mol. The molecular weight excluding hydrogens is 196 g/mol. The Morgan fingerprint density at radius 1 is 0.812 bits per heavy atom. The Morgan fingerprint density at radius 2 is 1.25 bits per heavy atom. The predicted octanol–water partition coefficient (Wildman–Crippen LogP) is 3.94. The van der Waals surface area contributed by atoms with Crippen LogP contribution in [0.25, 0.3) is 0 Å². The first kappa shape index (κ1) is 10.5. The highest BCUT2D eigenvalue weighted by Crippen LogP contribution is 2.25. The third kappa shape index (κ3) is 2.31. The molecule has 0 radical (unpaired) electrons.